The Bertz CT molecular complexity index is 435. The van der Waals surface area contributed by atoms with Crippen molar-refractivity contribution in [2.45, 2.75) is 19.4 Å². The number of benzene rings is 1. The summed E-state index contributed by atoms with van der Waals surface area (Å²) in [6.07, 6.45) is 2.26. The molecule has 1 aromatic rings. The summed E-state index contributed by atoms with van der Waals surface area (Å²) in [5, 5.41) is -0.0771. The largest absolute Gasteiger partial charge is 0.299 e. The van der Waals surface area contributed by atoms with Crippen molar-refractivity contribution >= 4 is 21.7 Å². The van der Waals surface area contributed by atoms with Gasteiger partial charge < -0.3 is 0 Å². The van der Waals surface area contributed by atoms with E-state index >= 15 is 0 Å². The number of rotatable bonds is 4. The van der Waals surface area contributed by atoms with Crippen molar-refractivity contribution in [3.8, 4) is 0 Å². The van der Waals surface area contributed by atoms with Gasteiger partial charge in [-0.25, -0.2) is 8.78 Å². The van der Waals surface area contributed by atoms with Crippen molar-refractivity contribution in [2.24, 2.45) is 0 Å². The molecule has 0 aromatic heterocycles. The molecule has 98 valence electrons. The third kappa shape index (κ3) is 2.95. The van der Waals surface area contributed by atoms with Gasteiger partial charge in [-0.15, -0.1) is 0 Å². The van der Waals surface area contributed by atoms with Crippen LogP contribution in [-0.2, 0) is 6.54 Å². The van der Waals surface area contributed by atoms with E-state index in [0.717, 1.165) is 25.9 Å². The number of hydrogen-bond acceptors (Lipinski definition) is 2. The van der Waals surface area contributed by atoms with E-state index in [-0.39, 0.29) is 5.33 Å². The Morgan fingerprint density at radius 3 is 2.28 bits per heavy atom. The molecule has 0 amide bonds. The topological polar surface area (TPSA) is 20.3 Å². The molecule has 0 unspecified atom stereocenters. The highest BCUT2D eigenvalue weighted by Crippen LogP contribution is 2.19. The van der Waals surface area contributed by atoms with Crippen molar-refractivity contribution in [1.82, 2.24) is 4.90 Å². The van der Waals surface area contributed by atoms with Gasteiger partial charge in [-0.3, -0.25) is 9.69 Å². The highest BCUT2D eigenvalue weighted by molar-refractivity contribution is 9.09. The molecular weight excluding hydrogens is 304 g/mol. The second kappa shape index (κ2) is 5.89. The maximum absolute atomic E-state index is 13.7. The molecule has 1 aliphatic heterocycles. The molecule has 0 atom stereocenters. The van der Waals surface area contributed by atoms with Crippen LogP contribution in [0.25, 0.3) is 0 Å². The molecule has 1 saturated heterocycles. The molecule has 1 fully saturated rings. The first-order valence-corrected chi connectivity index (χ1v) is 7.03. The van der Waals surface area contributed by atoms with Crippen LogP contribution in [0.1, 0.15) is 28.8 Å². The van der Waals surface area contributed by atoms with E-state index in [2.05, 4.69) is 20.8 Å². The Kier molecular flexibility index (Phi) is 4.45. The highest BCUT2D eigenvalue weighted by atomic mass is 79.9. The minimum atomic E-state index is -0.770. The summed E-state index contributed by atoms with van der Waals surface area (Å²) >= 11 is 2.92. The predicted octanol–water partition coefficient (Wildman–Crippen LogP) is 3.14. The van der Waals surface area contributed by atoms with Gasteiger partial charge >= 0.3 is 0 Å². The van der Waals surface area contributed by atoms with Crippen LogP contribution in [0.4, 0.5) is 8.78 Å². The summed E-state index contributed by atoms with van der Waals surface area (Å²) in [5.41, 5.74) is 0.134. The third-order valence-electron chi connectivity index (χ3n) is 3.11. The van der Waals surface area contributed by atoms with Crippen LogP contribution in [0, 0.1) is 11.6 Å². The molecule has 0 spiro atoms. The number of alkyl halides is 1. The average Bonchev–Trinajstić information content (AvgIpc) is 2.80. The molecular formula is C13H14BrF2NO. The van der Waals surface area contributed by atoms with Gasteiger partial charge in [0.05, 0.1) is 10.9 Å². The number of Topliss-reactive ketones (excluding diaryl/α,β-unsaturated/α-hetero) is 1. The van der Waals surface area contributed by atoms with Crippen LogP contribution in [0.2, 0.25) is 0 Å². The van der Waals surface area contributed by atoms with Gasteiger partial charge in [-0.1, -0.05) is 15.9 Å². The summed E-state index contributed by atoms with van der Waals surface area (Å²) in [4.78, 5) is 13.5. The highest BCUT2D eigenvalue weighted by Gasteiger charge is 2.19. The summed E-state index contributed by atoms with van der Waals surface area (Å²) in [6.45, 7) is 2.47. The molecule has 0 aliphatic carbocycles. The van der Waals surface area contributed by atoms with Gasteiger partial charge in [0, 0.05) is 6.54 Å². The normalized spacial score (nSPS) is 16.2. The van der Waals surface area contributed by atoms with Crippen LogP contribution in [0.15, 0.2) is 12.1 Å². The lowest BCUT2D eigenvalue weighted by molar-refractivity contribution is 0.101. The van der Waals surface area contributed by atoms with E-state index in [0.29, 0.717) is 12.1 Å². The van der Waals surface area contributed by atoms with E-state index < -0.39 is 23.0 Å². The number of nitrogens with zero attached hydrogens (tertiary/aromatic N) is 1. The third-order valence-corrected chi connectivity index (χ3v) is 3.62. The number of carbonyl (C=O) groups excluding carboxylic acids is 1. The number of carbonyl (C=O) groups is 1. The second-order valence-electron chi connectivity index (χ2n) is 4.47. The predicted molar refractivity (Wildman–Crippen MR) is 69.0 cm³/mol. The SMILES string of the molecule is O=C(CBr)c1c(F)cc(CN2CCCC2)cc1F. The lowest BCUT2D eigenvalue weighted by Gasteiger charge is -2.15. The van der Waals surface area contributed by atoms with Gasteiger partial charge in [-0.05, 0) is 43.6 Å². The fourth-order valence-electron chi connectivity index (χ4n) is 2.25. The number of likely N-dealkylation sites (tertiary alicyclic amines) is 1. The second-order valence-corrected chi connectivity index (χ2v) is 5.04. The van der Waals surface area contributed by atoms with Crippen molar-refractivity contribution in [3.05, 3.63) is 34.9 Å². The molecule has 2 rings (SSSR count). The Morgan fingerprint density at radius 1 is 1.22 bits per heavy atom. The zero-order chi connectivity index (χ0) is 13.1. The van der Waals surface area contributed by atoms with Crippen LogP contribution >= 0.6 is 15.9 Å². The Hall–Kier alpha value is -0.810. The maximum atomic E-state index is 13.7. The minimum Gasteiger partial charge on any atom is -0.299 e. The number of ketones is 1. The summed E-state index contributed by atoms with van der Waals surface area (Å²) in [6, 6.07) is 2.52. The molecule has 18 heavy (non-hydrogen) atoms. The molecule has 0 bridgehead atoms. The van der Waals surface area contributed by atoms with Gasteiger partial charge in [0.15, 0.2) is 5.78 Å². The van der Waals surface area contributed by atoms with E-state index in [1.807, 2.05) is 0 Å². The number of halogens is 3. The van der Waals surface area contributed by atoms with Crippen molar-refractivity contribution in [2.75, 3.05) is 18.4 Å². The van der Waals surface area contributed by atoms with E-state index in [1.54, 1.807) is 0 Å². The Labute approximate surface area is 113 Å². The maximum Gasteiger partial charge on any atom is 0.179 e. The zero-order valence-electron chi connectivity index (χ0n) is 9.89. The molecule has 0 N–H and O–H groups in total. The fourth-order valence-corrected chi connectivity index (χ4v) is 2.53. The fraction of sp³-hybridized carbons (Fsp3) is 0.462. The Morgan fingerprint density at radius 2 is 1.78 bits per heavy atom. The molecule has 0 radical (unpaired) electrons. The lowest BCUT2D eigenvalue weighted by atomic mass is 10.1. The van der Waals surface area contributed by atoms with Gasteiger partial charge in [-0.2, -0.15) is 0 Å². The summed E-state index contributed by atoms with van der Waals surface area (Å²) in [7, 11) is 0. The van der Waals surface area contributed by atoms with Crippen LogP contribution in [0.5, 0.6) is 0 Å². The first-order valence-electron chi connectivity index (χ1n) is 5.91. The summed E-state index contributed by atoms with van der Waals surface area (Å²) < 4.78 is 27.4. The Balaban J connectivity index is 2.21. The van der Waals surface area contributed by atoms with Crippen molar-refractivity contribution in [1.29, 1.82) is 0 Å². The first-order chi connectivity index (χ1) is 8.61. The zero-order valence-corrected chi connectivity index (χ0v) is 11.5. The molecule has 5 heteroatoms. The molecule has 1 heterocycles. The van der Waals surface area contributed by atoms with E-state index in [1.165, 1.54) is 12.1 Å². The van der Waals surface area contributed by atoms with Crippen LogP contribution in [0.3, 0.4) is 0 Å². The molecule has 1 aliphatic rings. The number of hydrogen-bond donors (Lipinski definition) is 0. The quantitative estimate of drug-likeness (QED) is 0.628. The monoisotopic (exact) mass is 317 g/mol. The van der Waals surface area contributed by atoms with E-state index in [4.69, 9.17) is 0 Å². The first kappa shape index (κ1) is 13.6. The van der Waals surface area contributed by atoms with Gasteiger partial charge in [0.2, 0.25) is 0 Å². The van der Waals surface area contributed by atoms with E-state index in [9.17, 15) is 13.6 Å². The van der Waals surface area contributed by atoms with Gasteiger partial charge in [0.1, 0.15) is 11.6 Å². The minimum absolute atomic E-state index is 0.0771. The lowest BCUT2D eigenvalue weighted by Crippen LogP contribution is -2.19. The van der Waals surface area contributed by atoms with Crippen LogP contribution in [-0.4, -0.2) is 29.1 Å². The molecule has 1 aromatic carbocycles. The summed E-state index contributed by atoms with van der Waals surface area (Å²) in [5.74, 6) is -2.11. The smallest absolute Gasteiger partial charge is 0.179 e. The molecule has 0 saturated carbocycles. The average molecular weight is 318 g/mol. The van der Waals surface area contributed by atoms with Gasteiger partial charge in [0.25, 0.3) is 0 Å². The van der Waals surface area contributed by atoms with Crippen molar-refractivity contribution < 1.29 is 13.6 Å². The van der Waals surface area contributed by atoms with Crippen LogP contribution < -0.4 is 0 Å². The molecule has 2 nitrogen and oxygen atoms in total. The van der Waals surface area contributed by atoms with Crippen molar-refractivity contribution in [3.63, 3.8) is 0 Å². The standard InChI is InChI=1S/C13H14BrF2NO/c14-7-12(18)13-10(15)5-9(6-11(13)16)8-17-3-1-2-4-17/h5-6H,1-4,7-8H2.